The Morgan fingerprint density at radius 2 is 1.83 bits per heavy atom. The van der Waals surface area contributed by atoms with Crippen LogP contribution in [0, 0.1) is 0 Å². The second kappa shape index (κ2) is 5.94. The number of fused-ring (bicyclic) bond motifs is 1. The number of rotatable bonds is 4. The average molecular weight is 330 g/mol. The summed E-state index contributed by atoms with van der Waals surface area (Å²) >= 11 is 0. The molecule has 0 unspecified atom stereocenters. The lowest BCUT2D eigenvalue weighted by Gasteiger charge is -2.32. The van der Waals surface area contributed by atoms with E-state index in [4.69, 9.17) is 18.5 Å². The molecule has 0 spiro atoms. The van der Waals surface area contributed by atoms with Gasteiger partial charge in [-0.3, -0.25) is 4.79 Å². The number of carbonyl (C=O) groups excluding carboxylic acids is 1. The minimum atomic E-state index is -0.432. The molecule has 2 aromatic rings. The summed E-state index contributed by atoms with van der Waals surface area (Å²) in [6.45, 7) is 10.3. The van der Waals surface area contributed by atoms with Crippen LogP contribution in [-0.2, 0) is 25.3 Å². The van der Waals surface area contributed by atoms with Gasteiger partial charge in [-0.05, 0) is 46.1 Å². The van der Waals surface area contributed by atoms with Gasteiger partial charge in [0.2, 0.25) is 0 Å². The SMILES string of the molecule is CCOC(=O)Cc1coc2cc(B3OC(C)(C)C(C)(C)O3)ccc12. The fourth-order valence-corrected chi connectivity index (χ4v) is 2.73. The second-order valence-corrected chi connectivity index (χ2v) is 7.09. The maximum Gasteiger partial charge on any atom is 0.494 e. The third-order valence-electron chi connectivity index (χ3n) is 4.85. The maximum atomic E-state index is 11.7. The summed E-state index contributed by atoms with van der Waals surface area (Å²) in [6, 6.07) is 5.80. The Morgan fingerprint density at radius 3 is 2.46 bits per heavy atom. The zero-order chi connectivity index (χ0) is 17.5. The van der Waals surface area contributed by atoms with Gasteiger partial charge in [0.25, 0.3) is 0 Å². The van der Waals surface area contributed by atoms with E-state index >= 15 is 0 Å². The first-order valence-electron chi connectivity index (χ1n) is 8.25. The van der Waals surface area contributed by atoms with E-state index in [2.05, 4.69) is 0 Å². The molecule has 1 aliphatic heterocycles. The molecule has 3 rings (SSSR count). The van der Waals surface area contributed by atoms with Crippen molar-refractivity contribution in [3.63, 3.8) is 0 Å². The number of hydrogen-bond donors (Lipinski definition) is 0. The van der Waals surface area contributed by atoms with Crippen LogP contribution in [0.5, 0.6) is 0 Å². The van der Waals surface area contributed by atoms with E-state index in [1.54, 1.807) is 13.2 Å². The summed E-state index contributed by atoms with van der Waals surface area (Å²) in [5.74, 6) is -0.254. The Labute approximate surface area is 142 Å². The highest BCUT2D eigenvalue weighted by molar-refractivity contribution is 6.62. The van der Waals surface area contributed by atoms with Crippen molar-refractivity contribution in [2.45, 2.75) is 52.2 Å². The lowest BCUT2D eigenvalue weighted by Crippen LogP contribution is -2.41. The molecular weight excluding hydrogens is 307 g/mol. The van der Waals surface area contributed by atoms with Gasteiger partial charge in [-0.1, -0.05) is 12.1 Å². The van der Waals surface area contributed by atoms with Crippen molar-refractivity contribution in [3.05, 3.63) is 30.0 Å². The summed E-state index contributed by atoms with van der Waals surface area (Å²) in [5, 5.41) is 0.906. The molecule has 0 N–H and O–H groups in total. The van der Waals surface area contributed by atoms with Crippen molar-refractivity contribution in [3.8, 4) is 0 Å². The third kappa shape index (κ3) is 2.96. The van der Waals surface area contributed by atoms with Crippen LogP contribution in [0.15, 0.2) is 28.9 Å². The van der Waals surface area contributed by atoms with Crippen molar-refractivity contribution < 1.29 is 23.3 Å². The Bertz CT molecular complexity index is 746. The van der Waals surface area contributed by atoms with Gasteiger partial charge in [-0.2, -0.15) is 0 Å². The molecule has 128 valence electrons. The van der Waals surface area contributed by atoms with Crippen LogP contribution >= 0.6 is 0 Å². The zero-order valence-corrected chi connectivity index (χ0v) is 14.8. The molecule has 0 atom stereocenters. The molecule has 1 saturated heterocycles. The highest BCUT2D eigenvalue weighted by Crippen LogP contribution is 2.36. The Hall–Kier alpha value is -1.79. The zero-order valence-electron chi connectivity index (χ0n) is 14.8. The fourth-order valence-electron chi connectivity index (χ4n) is 2.73. The van der Waals surface area contributed by atoms with Crippen LogP contribution in [0.25, 0.3) is 11.0 Å². The van der Waals surface area contributed by atoms with Crippen LogP contribution in [0.4, 0.5) is 0 Å². The Balaban J connectivity index is 1.85. The van der Waals surface area contributed by atoms with Crippen LogP contribution in [0.3, 0.4) is 0 Å². The van der Waals surface area contributed by atoms with Crippen molar-refractivity contribution in [2.24, 2.45) is 0 Å². The largest absolute Gasteiger partial charge is 0.494 e. The summed E-state index contributed by atoms with van der Waals surface area (Å²) in [6.07, 6.45) is 1.81. The summed E-state index contributed by atoms with van der Waals surface area (Å²) in [4.78, 5) is 11.7. The Kier molecular flexibility index (Phi) is 4.22. The molecule has 0 bridgehead atoms. The van der Waals surface area contributed by atoms with Crippen molar-refractivity contribution in [1.29, 1.82) is 0 Å². The number of ether oxygens (including phenoxy) is 1. The molecule has 24 heavy (non-hydrogen) atoms. The van der Waals surface area contributed by atoms with Crippen LogP contribution in [0.2, 0.25) is 0 Å². The third-order valence-corrected chi connectivity index (χ3v) is 4.85. The minimum Gasteiger partial charge on any atom is -0.466 e. The molecule has 0 amide bonds. The highest BCUT2D eigenvalue weighted by atomic mass is 16.7. The van der Waals surface area contributed by atoms with Gasteiger partial charge in [0, 0.05) is 10.9 Å². The van der Waals surface area contributed by atoms with Crippen molar-refractivity contribution in [1.82, 2.24) is 0 Å². The van der Waals surface area contributed by atoms with Gasteiger partial charge in [0.1, 0.15) is 5.58 Å². The lowest BCUT2D eigenvalue weighted by molar-refractivity contribution is -0.142. The number of hydrogen-bond acceptors (Lipinski definition) is 5. The first-order valence-corrected chi connectivity index (χ1v) is 8.25. The number of furan rings is 1. The standard InChI is InChI=1S/C18H23BO5/c1-6-21-16(20)9-12-11-22-15-10-13(7-8-14(12)15)19-23-17(2,3)18(4,5)24-19/h7-8,10-11H,6,9H2,1-5H3. The molecule has 0 saturated carbocycles. The van der Waals surface area contributed by atoms with E-state index in [0.717, 1.165) is 16.4 Å². The lowest BCUT2D eigenvalue weighted by atomic mass is 9.79. The number of esters is 1. The molecule has 6 heteroatoms. The van der Waals surface area contributed by atoms with Crippen LogP contribution < -0.4 is 5.46 Å². The molecule has 2 heterocycles. The number of carbonyl (C=O) groups is 1. The first-order chi connectivity index (χ1) is 11.2. The topological polar surface area (TPSA) is 57.9 Å². The van der Waals surface area contributed by atoms with Gasteiger partial charge in [0.05, 0.1) is 30.5 Å². The summed E-state index contributed by atoms with van der Waals surface area (Å²) in [7, 11) is -0.432. The van der Waals surface area contributed by atoms with Gasteiger partial charge >= 0.3 is 13.1 Å². The van der Waals surface area contributed by atoms with E-state index in [0.29, 0.717) is 12.2 Å². The Morgan fingerprint density at radius 1 is 1.17 bits per heavy atom. The highest BCUT2D eigenvalue weighted by Gasteiger charge is 2.51. The smallest absolute Gasteiger partial charge is 0.466 e. The fraction of sp³-hybridized carbons (Fsp3) is 0.500. The normalized spacial score (nSPS) is 19.0. The number of benzene rings is 1. The van der Waals surface area contributed by atoms with Crippen molar-refractivity contribution in [2.75, 3.05) is 6.61 Å². The van der Waals surface area contributed by atoms with E-state index in [-0.39, 0.29) is 23.6 Å². The molecule has 1 fully saturated rings. The van der Waals surface area contributed by atoms with E-state index in [1.165, 1.54) is 0 Å². The van der Waals surface area contributed by atoms with E-state index in [1.807, 2.05) is 45.9 Å². The second-order valence-electron chi connectivity index (χ2n) is 7.09. The van der Waals surface area contributed by atoms with Gasteiger partial charge in [0.15, 0.2) is 0 Å². The molecule has 1 aliphatic rings. The molecule has 1 aromatic carbocycles. The van der Waals surface area contributed by atoms with Crippen LogP contribution in [0.1, 0.15) is 40.2 Å². The monoisotopic (exact) mass is 330 g/mol. The summed E-state index contributed by atoms with van der Waals surface area (Å²) < 4.78 is 22.7. The minimum absolute atomic E-state index is 0.205. The first kappa shape index (κ1) is 17.1. The predicted octanol–water partition coefficient (Wildman–Crippen LogP) is 2.84. The van der Waals surface area contributed by atoms with E-state index < -0.39 is 7.12 Å². The maximum absolute atomic E-state index is 11.7. The average Bonchev–Trinajstić information content (AvgIpc) is 2.97. The van der Waals surface area contributed by atoms with Gasteiger partial charge < -0.3 is 18.5 Å². The molecule has 0 aliphatic carbocycles. The predicted molar refractivity (Wildman–Crippen MR) is 92.3 cm³/mol. The molecule has 0 radical (unpaired) electrons. The van der Waals surface area contributed by atoms with Crippen LogP contribution in [-0.4, -0.2) is 30.9 Å². The molecule has 1 aromatic heterocycles. The quantitative estimate of drug-likeness (QED) is 0.637. The van der Waals surface area contributed by atoms with Crippen molar-refractivity contribution >= 4 is 29.5 Å². The molecule has 5 nitrogen and oxygen atoms in total. The van der Waals surface area contributed by atoms with Gasteiger partial charge in [-0.25, -0.2) is 0 Å². The summed E-state index contributed by atoms with van der Waals surface area (Å²) in [5.41, 5.74) is 1.67. The van der Waals surface area contributed by atoms with Gasteiger partial charge in [-0.15, -0.1) is 0 Å². The van der Waals surface area contributed by atoms with E-state index in [9.17, 15) is 4.79 Å². The molecular formula is C18H23BO5.